The van der Waals surface area contributed by atoms with Gasteiger partial charge in [-0.2, -0.15) is 0 Å². The Morgan fingerprint density at radius 1 is 1.05 bits per heavy atom. The highest BCUT2D eigenvalue weighted by atomic mass is 16.6. The maximum absolute atomic E-state index is 12.5. The van der Waals surface area contributed by atoms with Crippen molar-refractivity contribution in [3.63, 3.8) is 0 Å². The molecule has 0 radical (unpaired) electrons. The Morgan fingerprint density at radius 2 is 1.64 bits per heavy atom. The third kappa shape index (κ3) is 2.98. The third-order valence-corrected chi connectivity index (χ3v) is 5.02. The first-order chi connectivity index (χ1) is 10.0. The van der Waals surface area contributed by atoms with E-state index in [2.05, 4.69) is 46.4 Å². The summed E-state index contributed by atoms with van der Waals surface area (Å²) in [5.74, 6) is 0.452. The van der Waals surface area contributed by atoms with Gasteiger partial charge in [-0.1, -0.05) is 0 Å². The van der Waals surface area contributed by atoms with Crippen LogP contribution < -0.4 is 0 Å². The van der Waals surface area contributed by atoms with Crippen molar-refractivity contribution in [3.8, 4) is 0 Å². The van der Waals surface area contributed by atoms with Gasteiger partial charge in [-0.05, 0) is 54.4 Å². The standard InChI is InChI=1S/C18H31NO3/c1-16(2,3)21-12-11-19-10-7-13(20)18(8-9-18)15(19)14(12)22-17(4,5)6/h12,14-15H,7-11H2,1-6H3/t12-,14+,15+/m0/s1. The maximum Gasteiger partial charge on any atom is 0.141 e. The molecule has 4 nitrogen and oxygen atoms in total. The van der Waals surface area contributed by atoms with Crippen LogP contribution in [-0.2, 0) is 14.3 Å². The Kier molecular flexibility index (Phi) is 3.75. The average molecular weight is 309 g/mol. The first kappa shape index (κ1) is 16.4. The molecule has 4 heteroatoms. The van der Waals surface area contributed by atoms with Gasteiger partial charge in [0.05, 0.1) is 23.3 Å². The van der Waals surface area contributed by atoms with E-state index in [1.54, 1.807) is 0 Å². The number of ketones is 1. The summed E-state index contributed by atoms with van der Waals surface area (Å²) in [6.45, 7) is 14.3. The largest absolute Gasteiger partial charge is 0.369 e. The zero-order chi connectivity index (χ0) is 16.3. The minimum atomic E-state index is -0.225. The fourth-order valence-electron chi connectivity index (χ4n) is 4.23. The number of nitrogens with zero attached hydrogens (tertiary/aromatic N) is 1. The van der Waals surface area contributed by atoms with Crippen LogP contribution in [0.4, 0.5) is 0 Å². The zero-order valence-corrected chi connectivity index (χ0v) is 14.9. The molecule has 3 rings (SSSR count). The van der Waals surface area contributed by atoms with Gasteiger partial charge in [-0.15, -0.1) is 0 Å². The van der Waals surface area contributed by atoms with Crippen molar-refractivity contribution < 1.29 is 14.3 Å². The van der Waals surface area contributed by atoms with Crippen LogP contribution in [0.2, 0.25) is 0 Å². The summed E-state index contributed by atoms with van der Waals surface area (Å²) in [5, 5.41) is 0. The van der Waals surface area contributed by atoms with E-state index < -0.39 is 0 Å². The normalized spacial score (nSPS) is 35.0. The van der Waals surface area contributed by atoms with Gasteiger partial charge in [0.1, 0.15) is 11.9 Å². The topological polar surface area (TPSA) is 38.8 Å². The number of hydrogen-bond acceptors (Lipinski definition) is 4. The highest BCUT2D eigenvalue weighted by molar-refractivity contribution is 5.89. The molecule has 126 valence electrons. The smallest absolute Gasteiger partial charge is 0.141 e. The Morgan fingerprint density at radius 3 is 2.14 bits per heavy atom. The SMILES string of the molecule is CC(C)(C)O[C@@H]1[C@@H](OC(C)(C)C)CN2CCC(=O)C3(CC3)[C@@H]12. The van der Waals surface area contributed by atoms with Gasteiger partial charge >= 0.3 is 0 Å². The average Bonchev–Trinajstić information content (AvgIpc) is 3.04. The van der Waals surface area contributed by atoms with E-state index in [4.69, 9.17) is 9.47 Å². The maximum atomic E-state index is 12.5. The predicted octanol–water partition coefficient (Wildman–Crippen LogP) is 2.79. The fraction of sp³-hybridized carbons (Fsp3) is 0.944. The minimum absolute atomic E-state index is 0.00836. The van der Waals surface area contributed by atoms with E-state index in [0.29, 0.717) is 12.2 Å². The highest BCUT2D eigenvalue weighted by Crippen LogP contribution is 2.57. The molecule has 3 fully saturated rings. The lowest BCUT2D eigenvalue weighted by Crippen LogP contribution is -2.54. The predicted molar refractivity (Wildman–Crippen MR) is 85.9 cm³/mol. The fourth-order valence-corrected chi connectivity index (χ4v) is 4.23. The molecule has 3 atom stereocenters. The Hall–Kier alpha value is -0.450. The molecule has 0 unspecified atom stereocenters. The number of carbonyl (C=O) groups excluding carboxylic acids is 1. The van der Waals surface area contributed by atoms with Crippen molar-refractivity contribution in [3.05, 3.63) is 0 Å². The van der Waals surface area contributed by atoms with Crippen molar-refractivity contribution in [2.24, 2.45) is 5.41 Å². The first-order valence-corrected chi connectivity index (χ1v) is 8.65. The van der Waals surface area contributed by atoms with Gasteiger partial charge in [0, 0.05) is 24.9 Å². The second-order valence-corrected chi connectivity index (χ2v) is 9.23. The van der Waals surface area contributed by atoms with Gasteiger partial charge in [0.15, 0.2) is 0 Å². The highest BCUT2D eigenvalue weighted by Gasteiger charge is 2.65. The molecule has 0 aromatic heterocycles. The molecule has 2 saturated heterocycles. The van der Waals surface area contributed by atoms with Crippen molar-refractivity contribution in [2.75, 3.05) is 13.1 Å². The number of rotatable bonds is 2. The molecule has 0 N–H and O–H groups in total. The van der Waals surface area contributed by atoms with E-state index in [0.717, 1.165) is 25.9 Å². The molecular formula is C18H31NO3. The van der Waals surface area contributed by atoms with Gasteiger partial charge in [-0.3, -0.25) is 9.69 Å². The molecule has 2 aliphatic heterocycles. The molecule has 0 aromatic carbocycles. The number of piperidine rings is 1. The molecule has 3 aliphatic rings. The van der Waals surface area contributed by atoms with Gasteiger partial charge in [-0.25, -0.2) is 0 Å². The van der Waals surface area contributed by atoms with E-state index >= 15 is 0 Å². The number of Topliss-reactive ketones (excluding diaryl/α,β-unsaturated/α-hetero) is 1. The molecule has 2 heterocycles. The van der Waals surface area contributed by atoms with E-state index in [9.17, 15) is 4.79 Å². The number of fused-ring (bicyclic) bond motifs is 2. The number of carbonyl (C=O) groups is 1. The summed E-state index contributed by atoms with van der Waals surface area (Å²) < 4.78 is 12.8. The molecule has 0 amide bonds. The summed E-state index contributed by atoms with van der Waals surface area (Å²) in [4.78, 5) is 15.0. The molecule has 1 saturated carbocycles. The lowest BCUT2D eigenvalue weighted by atomic mass is 9.83. The van der Waals surface area contributed by atoms with Crippen molar-refractivity contribution in [1.29, 1.82) is 0 Å². The quantitative estimate of drug-likeness (QED) is 0.786. The second-order valence-electron chi connectivity index (χ2n) is 9.23. The van der Waals surface area contributed by atoms with Crippen LogP contribution in [0.5, 0.6) is 0 Å². The minimum Gasteiger partial charge on any atom is -0.369 e. The van der Waals surface area contributed by atoms with Crippen LogP contribution in [0.25, 0.3) is 0 Å². The number of ether oxygens (including phenoxy) is 2. The van der Waals surface area contributed by atoms with Gasteiger partial charge in [0.2, 0.25) is 0 Å². The van der Waals surface area contributed by atoms with Crippen LogP contribution in [0.3, 0.4) is 0 Å². The van der Waals surface area contributed by atoms with Crippen LogP contribution in [0.1, 0.15) is 60.8 Å². The van der Waals surface area contributed by atoms with Crippen LogP contribution in [0, 0.1) is 5.41 Å². The molecular weight excluding hydrogens is 278 g/mol. The van der Waals surface area contributed by atoms with E-state index in [-0.39, 0.29) is 34.9 Å². The molecule has 1 aliphatic carbocycles. The summed E-state index contributed by atoms with van der Waals surface area (Å²) >= 11 is 0. The van der Waals surface area contributed by atoms with Crippen LogP contribution in [-0.4, -0.2) is 53.2 Å². The summed E-state index contributed by atoms with van der Waals surface area (Å²) in [7, 11) is 0. The van der Waals surface area contributed by atoms with Crippen molar-refractivity contribution >= 4 is 5.78 Å². The Balaban J connectivity index is 1.88. The van der Waals surface area contributed by atoms with E-state index in [1.807, 2.05) is 0 Å². The zero-order valence-electron chi connectivity index (χ0n) is 14.9. The Labute approximate surface area is 134 Å². The molecule has 1 spiro atoms. The monoisotopic (exact) mass is 309 g/mol. The van der Waals surface area contributed by atoms with Crippen LogP contribution >= 0.6 is 0 Å². The summed E-state index contributed by atoms with van der Waals surface area (Å²) in [5.41, 5.74) is -0.555. The summed E-state index contributed by atoms with van der Waals surface area (Å²) in [6.07, 6.45) is 2.79. The van der Waals surface area contributed by atoms with Crippen molar-refractivity contribution in [2.45, 2.75) is 90.3 Å². The first-order valence-electron chi connectivity index (χ1n) is 8.65. The van der Waals surface area contributed by atoms with E-state index in [1.165, 1.54) is 0 Å². The molecule has 0 aromatic rings. The number of hydrogen-bond donors (Lipinski definition) is 0. The second kappa shape index (κ2) is 5.02. The molecule has 22 heavy (non-hydrogen) atoms. The summed E-state index contributed by atoms with van der Waals surface area (Å²) in [6, 6.07) is 0.209. The molecule has 0 bridgehead atoms. The van der Waals surface area contributed by atoms with Gasteiger partial charge in [0.25, 0.3) is 0 Å². The lowest BCUT2D eigenvalue weighted by molar-refractivity contribution is -0.161. The van der Waals surface area contributed by atoms with Crippen LogP contribution in [0.15, 0.2) is 0 Å². The lowest BCUT2D eigenvalue weighted by Gasteiger charge is -2.40. The third-order valence-electron chi connectivity index (χ3n) is 5.02. The van der Waals surface area contributed by atoms with Gasteiger partial charge < -0.3 is 9.47 Å². The van der Waals surface area contributed by atoms with Crippen molar-refractivity contribution in [1.82, 2.24) is 4.90 Å². The Bertz CT molecular complexity index is 456.